The van der Waals surface area contributed by atoms with Crippen molar-refractivity contribution in [3.05, 3.63) is 45.1 Å². The minimum Gasteiger partial charge on any atom is -0.454 e. The first-order valence-corrected chi connectivity index (χ1v) is 7.34. The molecule has 3 rings (SSSR count). The molecule has 0 saturated heterocycles. The highest BCUT2D eigenvalue weighted by atomic mass is 35.5. The van der Waals surface area contributed by atoms with Crippen LogP contribution >= 0.6 is 22.9 Å². The van der Waals surface area contributed by atoms with Crippen molar-refractivity contribution in [2.24, 2.45) is 0 Å². The Hall–Kier alpha value is -1.23. The molecule has 0 bridgehead atoms. The van der Waals surface area contributed by atoms with Crippen LogP contribution in [0.4, 0.5) is 0 Å². The molecular weight excluding hydrogens is 282 g/mol. The van der Waals surface area contributed by atoms with Gasteiger partial charge in [0.15, 0.2) is 11.5 Å². The van der Waals surface area contributed by atoms with Gasteiger partial charge in [0, 0.05) is 12.6 Å². The van der Waals surface area contributed by atoms with E-state index < -0.39 is 0 Å². The number of ether oxygens (including phenoxy) is 2. The zero-order chi connectivity index (χ0) is 13.2. The van der Waals surface area contributed by atoms with E-state index in [0.29, 0.717) is 6.79 Å². The van der Waals surface area contributed by atoms with Gasteiger partial charge in [-0.05, 0) is 41.6 Å². The molecule has 1 aliphatic rings. The highest BCUT2D eigenvalue weighted by Gasteiger charge is 2.13. The summed E-state index contributed by atoms with van der Waals surface area (Å²) in [6, 6.07) is 8.29. The molecule has 0 amide bonds. The number of benzene rings is 1. The van der Waals surface area contributed by atoms with Crippen LogP contribution in [0.25, 0.3) is 0 Å². The van der Waals surface area contributed by atoms with Crippen LogP contribution in [0.15, 0.2) is 29.6 Å². The van der Waals surface area contributed by atoms with E-state index in [9.17, 15) is 0 Å². The van der Waals surface area contributed by atoms with Crippen LogP contribution in [0.1, 0.15) is 24.1 Å². The Kier molecular flexibility index (Phi) is 3.64. The summed E-state index contributed by atoms with van der Waals surface area (Å²) in [5.41, 5.74) is 2.40. The van der Waals surface area contributed by atoms with Crippen molar-refractivity contribution in [1.29, 1.82) is 0 Å². The lowest BCUT2D eigenvalue weighted by Gasteiger charge is -2.12. The van der Waals surface area contributed by atoms with E-state index in [-0.39, 0.29) is 6.04 Å². The normalized spacial score (nSPS) is 14.6. The maximum absolute atomic E-state index is 5.95. The molecule has 19 heavy (non-hydrogen) atoms. The molecule has 0 aliphatic carbocycles. The maximum atomic E-state index is 5.95. The summed E-state index contributed by atoms with van der Waals surface area (Å²) in [5.74, 6) is 1.65. The molecular formula is C14H14ClNO2S. The first-order valence-electron chi connectivity index (χ1n) is 6.08. The predicted octanol–water partition coefficient (Wildman–Crippen LogP) is 3.98. The summed E-state index contributed by atoms with van der Waals surface area (Å²) < 4.78 is 11.5. The molecule has 1 N–H and O–H groups in total. The molecule has 1 unspecified atom stereocenters. The predicted molar refractivity (Wildman–Crippen MR) is 77.1 cm³/mol. The molecule has 1 atom stereocenters. The fourth-order valence-electron chi connectivity index (χ4n) is 1.99. The van der Waals surface area contributed by atoms with Crippen LogP contribution in [0.3, 0.4) is 0 Å². The highest BCUT2D eigenvalue weighted by molar-refractivity contribution is 7.14. The molecule has 0 radical (unpaired) electrons. The first-order chi connectivity index (χ1) is 9.22. The van der Waals surface area contributed by atoms with Crippen LogP contribution < -0.4 is 14.8 Å². The van der Waals surface area contributed by atoms with Gasteiger partial charge in [-0.3, -0.25) is 0 Å². The average molecular weight is 296 g/mol. The number of hydrogen-bond donors (Lipinski definition) is 1. The second-order valence-corrected chi connectivity index (χ2v) is 6.02. The van der Waals surface area contributed by atoms with E-state index in [1.165, 1.54) is 11.1 Å². The molecule has 5 heteroatoms. The van der Waals surface area contributed by atoms with Gasteiger partial charge in [0.05, 0.1) is 4.34 Å². The largest absolute Gasteiger partial charge is 0.454 e. The van der Waals surface area contributed by atoms with Gasteiger partial charge in [-0.2, -0.15) is 0 Å². The summed E-state index contributed by atoms with van der Waals surface area (Å²) in [4.78, 5) is 0. The fraction of sp³-hybridized carbons (Fsp3) is 0.286. The van der Waals surface area contributed by atoms with E-state index in [0.717, 1.165) is 22.4 Å². The second-order valence-electron chi connectivity index (χ2n) is 4.47. The molecule has 100 valence electrons. The fourth-order valence-corrected chi connectivity index (χ4v) is 2.97. The highest BCUT2D eigenvalue weighted by Crippen LogP contribution is 2.32. The molecule has 0 spiro atoms. The van der Waals surface area contributed by atoms with Crippen molar-refractivity contribution in [2.45, 2.75) is 19.5 Å². The molecule has 2 heterocycles. The van der Waals surface area contributed by atoms with Gasteiger partial charge in [0.2, 0.25) is 6.79 Å². The van der Waals surface area contributed by atoms with E-state index in [1.807, 2.05) is 24.3 Å². The summed E-state index contributed by atoms with van der Waals surface area (Å²) in [7, 11) is 0. The monoisotopic (exact) mass is 295 g/mol. The maximum Gasteiger partial charge on any atom is 0.231 e. The number of fused-ring (bicyclic) bond motifs is 1. The summed E-state index contributed by atoms with van der Waals surface area (Å²) >= 11 is 7.51. The van der Waals surface area contributed by atoms with Crippen LogP contribution in [0, 0.1) is 0 Å². The zero-order valence-corrected chi connectivity index (χ0v) is 12.1. The van der Waals surface area contributed by atoms with Crippen molar-refractivity contribution in [1.82, 2.24) is 5.32 Å². The van der Waals surface area contributed by atoms with Crippen molar-refractivity contribution in [3.63, 3.8) is 0 Å². The second kappa shape index (κ2) is 5.41. The molecule has 2 aromatic rings. The van der Waals surface area contributed by atoms with Crippen LogP contribution in [-0.2, 0) is 6.54 Å². The lowest BCUT2D eigenvalue weighted by atomic mass is 10.1. The topological polar surface area (TPSA) is 30.5 Å². The van der Waals surface area contributed by atoms with Gasteiger partial charge in [-0.15, -0.1) is 11.3 Å². The Bertz CT molecular complexity index is 585. The summed E-state index contributed by atoms with van der Waals surface area (Å²) in [6.07, 6.45) is 0. The number of nitrogens with one attached hydrogen (secondary N) is 1. The van der Waals surface area contributed by atoms with Gasteiger partial charge < -0.3 is 14.8 Å². The molecule has 3 nitrogen and oxygen atoms in total. The van der Waals surface area contributed by atoms with Crippen molar-refractivity contribution in [3.8, 4) is 11.5 Å². The Balaban J connectivity index is 1.63. The van der Waals surface area contributed by atoms with Crippen molar-refractivity contribution >= 4 is 22.9 Å². The van der Waals surface area contributed by atoms with Crippen molar-refractivity contribution < 1.29 is 9.47 Å². The SMILES string of the molecule is CC(NCc1ccc2c(c1)OCO2)c1csc(Cl)c1. The Labute approximate surface area is 121 Å². The lowest BCUT2D eigenvalue weighted by molar-refractivity contribution is 0.174. The average Bonchev–Trinajstić information content (AvgIpc) is 3.03. The van der Waals surface area contributed by atoms with Crippen molar-refractivity contribution in [2.75, 3.05) is 6.79 Å². The molecule has 1 aromatic carbocycles. The minimum atomic E-state index is 0.272. The third-order valence-electron chi connectivity index (χ3n) is 3.14. The van der Waals surface area contributed by atoms with E-state index >= 15 is 0 Å². The van der Waals surface area contributed by atoms with Gasteiger partial charge >= 0.3 is 0 Å². The number of thiophene rings is 1. The number of hydrogen-bond acceptors (Lipinski definition) is 4. The van der Waals surface area contributed by atoms with E-state index in [2.05, 4.69) is 17.6 Å². The van der Waals surface area contributed by atoms with E-state index in [4.69, 9.17) is 21.1 Å². The van der Waals surface area contributed by atoms with Crippen LogP contribution in [-0.4, -0.2) is 6.79 Å². The number of halogens is 1. The standard InChI is InChI=1S/C14H14ClNO2S/c1-9(11-5-14(15)19-7-11)16-6-10-2-3-12-13(4-10)18-8-17-12/h2-5,7,9,16H,6,8H2,1H3. The molecule has 1 aromatic heterocycles. The van der Waals surface area contributed by atoms with Gasteiger partial charge in [-0.1, -0.05) is 17.7 Å². The third-order valence-corrected chi connectivity index (χ3v) is 4.25. The minimum absolute atomic E-state index is 0.272. The van der Waals surface area contributed by atoms with Crippen LogP contribution in [0.5, 0.6) is 11.5 Å². The zero-order valence-electron chi connectivity index (χ0n) is 10.5. The van der Waals surface area contributed by atoms with Gasteiger partial charge in [0.1, 0.15) is 0 Å². The lowest BCUT2D eigenvalue weighted by Crippen LogP contribution is -2.17. The smallest absolute Gasteiger partial charge is 0.231 e. The number of rotatable bonds is 4. The molecule has 1 aliphatic heterocycles. The first kappa shape index (κ1) is 12.8. The van der Waals surface area contributed by atoms with Crippen LogP contribution in [0.2, 0.25) is 4.34 Å². The van der Waals surface area contributed by atoms with Gasteiger partial charge in [-0.25, -0.2) is 0 Å². The Morgan fingerprint density at radius 1 is 1.32 bits per heavy atom. The Morgan fingerprint density at radius 2 is 2.16 bits per heavy atom. The third kappa shape index (κ3) is 2.86. The van der Waals surface area contributed by atoms with Gasteiger partial charge in [0.25, 0.3) is 0 Å². The Morgan fingerprint density at radius 3 is 2.95 bits per heavy atom. The quantitative estimate of drug-likeness (QED) is 0.925. The molecule has 0 saturated carbocycles. The summed E-state index contributed by atoms with van der Waals surface area (Å²) in [5, 5.41) is 5.55. The van der Waals surface area contributed by atoms with E-state index in [1.54, 1.807) is 11.3 Å². The molecule has 0 fully saturated rings. The summed E-state index contributed by atoms with van der Waals surface area (Å²) in [6.45, 7) is 3.23.